The fourth-order valence-corrected chi connectivity index (χ4v) is 2.47. The normalized spacial score (nSPS) is 11.0. The molecule has 4 nitrogen and oxygen atoms in total. The maximum Gasteiger partial charge on any atom is 0.416 e. The molecule has 0 aromatic heterocycles. The monoisotopic (exact) mass is 402 g/mol. The highest BCUT2D eigenvalue weighted by atomic mass is 35.5. The smallest absolute Gasteiger partial charge is 0.416 e. The summed E-state index contributed by atoms with van der Waals surface area (Å²) in [4.78, 5) is 11.9. The number of hydrogen-bond acceptors (Lipinski definition) is 3. The van der Waals surface area contributed by atoms with Crippen LogP contribution in [-0.2, 0) is 11.0 Å². The maximum atomic E-state index is 12.7. The van der Waals surface area contributed by atoms with Crippen molar-refractivity contribution < 1.29 is 22.7 Å². The Kier molecular flexibility index (Phi) is 6.44. The number of carbonyl (C=O) groups excluding carboxylic acids is 1. The lowest BCUT2D eigenvalue weighted by atomic mass is 10.2. The third-order valence-electron chi connectivity index (χ3n) is 3.20. The Hall–Kier alpha value is -2.32. The van der Waals surface area contributed by atoms with Crippen molar-refractivity contribution in [2.24, 2.45) is 0 Å². The second-order valence-corrected chi connectivity index (χ2v) is 6.12. The van der Waals surface area contributed by atoms with Crippen LogP contribution in [-0.4, -0.2) is 17.6 Å². The van der Waals surface area contributed by atoms with E-state index in [1.54, 1.807) is 25.1 Å². The van der Waals surface area contributed by atoms with Crippen molar-refractivity contribution in [3.8, 4) is 5.75 Å². The zero-order chi connectivity index (χ0) is 19.3. The number of hydrogen-bond donors (Lipinski definition) is 2. The molecule has 0 spiro atoms. The number of halogens is 4. The number of rotatable bonds is 4. The highest BCUT2D eigenvalue weighted by Crippen LogP contribution is 2.30. The van der Waals surface area contributed by atoms with Crippen LogP contribution in [0.4, 0.5) is 18.9 Å². The zero-order valence-corrected chi connectivity index (χ0v) is 15.1. The Balaban J connectivity index is 1.88. The van der Waals surface area contributed by atoms with Crippen molar-refractivity contribution in [3.05, 3.63) is 58.6 Å². The Morgan fingerprint density at radius 1 is 1.23 bits per heavy atom. The second-order valence-electron chi connectivity index (χ2n) is 5.28. The molecule has 0 bridgehead atoms. The van der Waals surface area contributed by atoms with Crippen LogP contribution in [0.2, 0.25) is 5.02 Å². The average Bonchev–Trinajstić information content (AvgIpc) is 2.53. The van der Waals surface area contributed by atoms with Gasteiger partial charge in [-0.2, -0.15) is 13.2 Å². The van der Waals surface area contributed by atoms with Crippen molar-refractivity contribution in [1.29, 1.82) is 0 Å². The summed E-state index contributed by atoms with van der Waals surface area (Å²) < 4.78 is 43.4. The molecule has 0 radical (unpaired) electrons. The lowest BCUT2D eigenvalue weighted by molar-refractivity contribution is -0.137. The third kappa shape index (κ3) is 5.89. The summed E-state index contributed by atoms with van der Waals surface area (Å²) in [7, 11) is 0. The van der Waals surface area contributed by atoms with Crippen LogP contribution in [0.1, 0.15) is 11.1 Å². The Morgan fingerprint density at radius 2 is 1.96 bits per heavy atom. The number of benzene rings is 2. The molecule has 2 aromatic carbocycles. The van der Waals surface area contributed by atoms with Gasteiger partial charge in [-0.3, -0.25) is 10.1 Å². The molecule has 2 N–H and O–H groups in total. The summed E-state index contributed by atoms with van der Waals surface area (Å²) in [6.07, 6.45) is -4.47. The van der Waals surface area contributed by atoms with Gasteiger partial charge in [0.2, 0.25) is 0 Å². The van der Waals surface area contributed by atoms with Crippen LogP contribution in [0.25, 0.3) is 0 Å². The van der Waals surface area contributed by atoms with Crippen LogP contribution < -0.4 is 15.4 Å². The Bertz CT molecular complexity index is 828. The van der Waals surface area contributed by atoms with E-state index in [1.165, 1.54) is 12.1 Å². The molecule has 9 heteroatoms. The molecule has 0 saturated carbocycles. The van der Waals surface area contributed by atoms with Gasteiger partial charge in [0.25, 0.3) is 5.91 Å². The van der Waals surface area contributed by atoms with E-state index in [0.717, 1.165) is 17.7 Å². The molecule has 1 amide bonds. The fraction of sp³-hybridized carbons (Fsp3) is 0.176. The van der Waals surface area contributed by atoms with Crippen molar-refractivity contribution >= 4 is 40.5 Å². The van der Waals surface area contributed by atoms with Gasteiger partial charge in [-0.25, -0.2) is 0 Å². The van der Waals surface area contributed by atoms with Gasteiger partial charge < -0.3 is 10.1 Å². The number of alkyl halides is 3. The topological polar surface area (TPSA) is 50.4 Å². The highest BCUT2D eigenvalue weighted by Gasteiger charge is 2.30. The number of anilines is 1. The highest BCUT2D eigenvalue weighted by molar-refractivity contribution is 7.80. The SMILES string of the molecule is Cc1cc(Cl)ccc1OCC(=O)NC(=S)Nc1cccc(C(F)(F)F)c1. The molecule has 0 atom stereocenters. The van der Waals surface area contributed by atoms with E-state index in [9.17, 15) is 18.0 Å². The van der Waals surface area contributed by atoms with Crippen LogP contribution in [0, 0.1) is 6.92 Å². The largest absolute Gasteiger partial charge is 0.483 e. The van der Waals surface area contributed by atoms with Crippen molar-refractivity contribution in [1.82, 2.24) is 5.32 Å². The standard InChI is InChI=1S/C17H14ClF3N2O2S/c1-10-7-12(18)5-6-14(10)25-9-15(24)23-16(26)22-13-4-2-3-11(8-13)17(19,20)21/h2-8H,9H2,1H3,(H2,22,23,24,26). The number of carbonyl (C=O) groups is 1. The molecule has 0 heterocycles. The van der Waals surface area contributed by atoms with E-state index in [4.69, 9.17) is 28.6 Å². The van der Waals surface area contributed by atoms with Crippen LogP contribution >= 0.6 is 23.8 Å². The third-order valence-corrected chi connectivity index (χ3v) is 3.64. The molecule has 0 fully saturated rings. The molecular weight excluding hydrogens is 389 g/mol. The fourth-order valence-electron chi connectivity index (χ4n) is 2.02. The van der Waals surface area contributed by atoms with Crippen molar-refractivity contribution in [2.45, 2.75) is 13.1 Å². The van der Waals surface area contributed by atoms with E-state index >= 15 is 0 Å². The van der Waals surface area contributed by atoms with Crippen LogP contribution in [0.3, 0.4) is 0 Å². The van der Waals surface area contributed by atoms with E-state index in [0.29, 0.717) is 10.8 Å². The van der Waals surface area contributed by atoms with Gasteiger partial charge in [0, 0.05) is 10.7 Å². The summed E-state index contributed by atoms with van der Waals surface area (Å²) in [5.41, 5.74) is 0.0488. The molecule has 26 heavy (non-hydrogen) atoms. The van der Waals surface area contributed by atoms with Crippen molar-refractivity contribution in [3.63, 3.8) is 0 Å². The summed E-state index contributed by atoms with van der Waals surface area (Å²) in [5.74, 6) is -0.0647. The maximum absolute atomic E-state index is 12.7. The summed E-state index contributed by atoms with van der Waals surface area (Å²) in [6, 6.07) is 9.42. The molecule has 0 aliphatic rings. The quantitative estimate of drug-likeness (QED) is 0.736. The number of thiocarbonyl (C=S) groups is 1. The number of amides is 1. The Morgan fingerprint density at radius 3 is 2.62 bits per heavy atom. The van der Waals surface area contributed by atoms with E-state index in [-0.39, 0.29) is 17.4 Å². The van der Waals surface area contributed by atoms with Gasteiger partial charge in [-0.1, -0.05) is 17.7 Å². The minimum atomic E-state index is -4.47. The first-order chi connectivity index (χ1) is 12.1. The predicted molar refractivity (Wildman–Crippen MR) is 97.5 cm³/mol. The zero-order valence-electron chi connectivity index (χ0n) is 13.5. The molecule has 0 saturated heterocycles. The number of ether oxygens (including phenoxy) is 1. The summed E-state index contributed by atoms with van der Waals surface area (Å²) in [5, 5.41) is 5.28. The first kappa shape index (κ1) is 20.0. The van der Waals surface area contributed by atoms with E-state index < -0.39 is 17.6 Å². The minimum absolute atomic E-state index is 0.111. The van der Waals surface area contributed by atoms with Crippen LogP contribution in [0.5, 0.6) is 5.75 Å². The van der Waals surface area contributed by atoms with E-state index in [2.05, 4.69) is 10.6 Å². The predicted octanol–water partition coefficient (Wildman–Crippen LogP) is 4.56. The molecule has 0 aliphatic heterocycles. The number of aryl methyl sites for hydroxylation is 1. The van der Waals surface area contributed by atoms with Gasteiger partial charge in [0.1, 0.15) is 5.75 Å². The lowest BCUT2D eigenvalue weighted by Crippen LogP contribution is -2.37. The van der Waals surface area contributed by atoms with Crippen LogP contribution in [0.15, 0.2) is 42.5 Å². The first-order valence-electron chi connectivity index (χ1n) is 7.32. The molecule has 2 aromatic rings. The second kappa shape index (κ2) is 8.37. The average molecular weight is 403 g/mol. The summed E-state index contributed by atoms with van der Waals surface area (Å²) >= 11 is 10.8. The van der Waals surface area contributed by atoms with Gasteiger partial charge in [-0.05, 0) is 61.1 Å². The molecular formula is C17H14ClF3N2O2S. The van der Waals surface area contributed by atoms with Crippen molar-refractivity contribution in [2.75, 3.05) is 11.9 Å². The van der Waals surface area contributed by atoms with E-state index in [1.807, 2.05) is 0 Å². The molecule has 2 rings (SSSR count). The summed E-state index contributed by atoms with van der Waals surface area (Å²) in [6.45, 7) is 1.46. The van der Waals surface area contributed by atoms with Gasteiger partial charge in [0.15, 0.2) is 11.7 Å². The Labute approximate surface area is 158 Å². The first-order valence-corrected chi connectivity index (χ1v) is 8.11. The van der Waals surface area contributed by atoms with Gasteiger partial charge >= 0.3 is 6.18 Å². The molecule has 0 unspecified atom stereocenters. The van der Waals surface area contributed by atoms with Gasteiger partial charge in [0.05, 0.1) is 5.56 Å². The van der Waals surface area contributed by atoms with Gasteiger partial charge in [-0.15, -0.1) is 0 Å². The molecule has 138 valence electrons. The molecule has 0 aliphatic carbocycles. The lowest BCUT2D eigenvalue weighted by Gasteiger charge is -2.13. The number of nitrogens with one attached hydrogen (secondary N) is 2. The minimum Gasteiger partial charge on any atom is -0.483 e.